The number of aromatic nitrogens is 4. The third-order valence-corrected chi connectivity index (χ3v) is 5.86. The molecule has 0 bridgehead atoms. The Morgan fingerprint density at radius 2 is 1.85 bits per heavy atom. The maximum atomic E-state index is 12.4. The van der Waals surface area contributed by atoms with Gasteiger partial charge in [0.05, 0.1) is 18.6 Å². The first-order valence-corrected chi connectivity index (χ1v) is 10.2. The first-order valence-electron chi connectivity index (χ1n) is 10.2. The number of hydrogen-bond donors (Lipinski definition) is 0. The minimum absolute atomic E-state index is 0.0730. The topological polar surface area (TPSA) is 56.0 Å². The highest BCUT2D eigenvalue weighted by Crippen LogP contribution is 2.35. The van der Waals surface area contributed by atoms with Crippen molar-refractivity contribution in [2.45, 2.75) is 71.0 Å². The van der Waals surface area contributed by atoms with Gasteiger partial charge in [-0.05, 0) is 44.7 Å². The van der Waals surface area contributed by atoms with Crippen LogP contribution in [0.5, 0.6) is 0 Å². The molecule has 2 fully saturated rings. The molecule has 1 aliphatic carbocycles. The summed E-state index contributed by atoms with van der Waals surface area (Å²) in [7, 11) is 0. The van der Waals surface area contributed by atoms with Gasteiger partial charge in [0.1, 0.15) is 5.82 Å². The first kappa shape index (κ1) is 18.4. The maximum Gasteiger partial charge on any atom is 0.253 e. The van der Waals surface area contributed by atoms with Gasteiger partial charge in [-0.2, -0.15) is 0 Å². The van der Waals surface area contributed by atoms with E-state index in [1.54, 1.807) is 17.0 Å². The molecule has 1 saturated carbocycles. The normalized spacial score (nSPS) is 19.5. The molecule has 0 spiro atoms. The summed E-state index contributed by atoms with van der Waals surface area (Å²) in [5.74, 6) is 1.75. The predicted molar refractivity (Wildman–Crippen MR) is 106 cm³/mol. The predicted octanol–water partition coefficient (Wildman–Crippen LogP) is 2.98. The van der Waals surface area contributed by atoms with E-state index in [9.17, 15) is 4.79 Å². The average Bonchev–Trinajstić information content (AvgIpc) is 3.37. The van der Waals surface area contributed by atoms with Crippen molar-refractivity contribution in [1.29, 1.82) is 0 Å². The van der Waals surface area contributed by atoms with E-state index >= 15 is 0 Å². The van der Waals surface area contributed by atoms with Crippen LogP contribution in [-0.4, -0.2) is 37.1 Å². The lowest BCUT2D eigenvalue weighted by molar-refractivity contribution is 0.161. The fourth-order valence-corrected chi connectivity index (χ4v) is 3.93. The molecule has 6 nitrogen and oxygen atoms in total. The van der Waals surface area contributed by atoms with Crippen LogP contribution in [0.2, 0.25) is 0 Å². The van der Waals surface area contributed by atoms with Crippen LogP contribution in [0.3, 0.4) is 0 Å². The monoisotopic (exact) mass is 369 g/mol. The molecule has 0 N–H and O–H groups in total. The molecule has 6 heteroatoms. The molecule has 2 aromatic heterocycles. The van der Waals surface area contributed by atoms with Crippen molar-refractivity contribution in [3.8, 4) is 0 Å². The van der Waals surface area contributed by atoms with E-state index in [0.29, 0.717) is 12.0 Å². The second kappa shape index (κ2) is 7.23. The van der Waals surface area contributed by atoms with Gasteiger partial charge in [-0.25, -0.2) is 9.97 Å². The lowest BCUT2D eigenvalue weighted by Crippen LogP contribution is -2.36. The van der Waals surface area contributed by atoms with Crippen molar-refractivity contribution < 1.29 is 0 Å². The molecule has 146 valence electrons. The Hall–Kier alpha value is -1.95. The van der Waals surface area contributed by atoms with Crippen LogP contribution in [0.1, 0.15) is 64.0 Å². The van der Waals surface area contributed by atoms with Crippen LogP contribution in [0.15, 0.2) is 29.6 Å². The van der Waals surface area contributed by atoms with E-state index < -0.39 is 0 Å². The summed E-state index contributed by atoms with van der Waals surface area (Å²) in [6, 6.07) is 2.39. The van der Waals surface area contributed by atoms with Crippen LogP contribution in [-0.2, 0) is 18.5 Å². The van der Waals surface area contributed by atoms with Crippen molar-refractivity contribution in [3.63, 3.8) is 0 Å². The van der Waals surface area contributed by atoms with E-state index in [1.165, 1.54) is 18.7 Å². The van der Waals surface area contributed by atoms with Crippen molar-refractivity contribution in [2.24, 2.45) is 5.92 Å². The van der Waals surface area contributed by atoms with Crippen LogP contribution in [0, 0.1) is 5.92 Å². The quantitative estimate of drug-likeness (QED) is 0.813. The zero-order valence-corrected chi connectivity index (χ0v) is 16.8. The van der Waals surface area contributed by atoms with Gasteiger partial charge in [0, 0.05) is 36.5 Å². The molecule has 0 atom stereocenters. The van der Waals surface area contributed by atoms with Crippen molar-refractivity contribution in [2.75, 3.05) is 13.1 Å². The van der Waals surface area contributed by atoms with E-state index in [0.717, 1.165) is 44.7 Å². The van der Waals surface area contributed by atoms with Crippen molar-refractivity contribution >= 4 is 0 Å². The Bertz CT molecular complexity index is 835. The standard InChI is InChI=1S/C21H31N5O/c1-21(2,3)18-12-20(27)25(15-23-18)13-16-6-9-24(10-7-16)14-19-22-8-11-26(19)17-4-5-17/h8,11-12,15-17H,4-7,9-10,13-14H2,1-3H3. The second-order valence-corrected chi connectivity index (χ2v) is 9.22. The summed E-state index contributed by atoms with van der Waals surface area (Å²) in [5, 5.41) is 0. The smallest absolute Gasteiger partial charge is 0.253 e. The molecule has 2 aliphatic rings. The molecular formula is C21H31N5O. The van der Waals surface area contributed by atoms with Crippen LogP contribution in [0.4, 0.5) is 0 Å². The average molecular weight is 370 g/mol. The highest BCUT2D eigenvalue weighted by atomic mass is 16.1. The molecule has 4 rings (SSSR count). The number of rotatable bonds is 5. The van der Waals surface area contributed by atoms with Gasteiger partial charge in [-0.1, -0.05) is 20.8 Å². The van der Waals surface area contributed by atoms with Gasteiger partial charge in [0.2, 0.25) is 0 Å². The molecule has 0 aromatic carbocycles. The molecule has 27 heavy (non-hydrogen) atoms. The van der Waals surface area contributed by atoms with Crippen LogP contribution >= 0.6 is 0 Å². The van der Waals surface area contributed by atoms with Gasteiger partial charge in [0.25, 0.3) is 5.56 Å². The molecular weight excluding hydrogens is 338 g/mol. The van der Waals surface area contributed by atoms with Gasteiger partial charge >= 0.3 is 0 Å². The van der Waals surface area contributed by atoms with Gasteiger partial charge < -0.3 is 4.57 Å². The number of piperidine rings is 1. The second-order valence-electron chi connectivity index (χ2n) is 9.22. The fraction of sp³-hybridized carbons (Fsp3) is 0.667. The lowest BCUT2D eigenvalue weighted by Gasteiger charge is -2.32. The number of nitrogens with zero attached hydrogens (tertiary/aromatic N) is 5. The molecule has 1 aliphatic heterocycles. The largest absolute Gasteiger partial charge is 0.331 e. The molecule has 3 heterocycles. The minimum Gasteiger partial charge on any atom is -0.331 e. The Morgan fingerprint density at radius 3 is 2.48 bits per heavy atom. The van der Waals surface area contributed by atoms with Crippen LogP contribution < -0.4 is 5.56 Å². The van der Waals surface area contributed by atoms with Crippen molar-refractivity contribution in [3.05, 3.63) is 46.7 Å². The first-order chi connectivity index (χ1) is 12.9. The fourth-order valence-electron chi connectivity index (χ4n) is 3.93. The van der Waals surface area contributed by atoms with Gasteiger partial charge in [-0.15, -0.1) is 0 Å². The minimum atomic E-state index is -0.0875. The number of hydrogen-bond acceptors (Lipinski definition) is 4. The summed E-state index contributed by atoms with van der Waals surface area (Å²) in [4.78, 5) is 24.0. The number of likely N-dealkylation sites (tertiary alicyclic amines) is 1. The summed E-state index contributed by atoms with van der Waals surface area (Å²) < 4.78 is 4.14. The Balaban J connectivity index is 1.32. The maximum absolute atomic E-state index is 12.4. The Labute approximate surface area is 161 Å². The highest BCUT2D eigenvalue weighted by molar-refractivity contribution is 5.10. The Kier molecular flexibility index (Phi) is 4.93. The van der Waals surface area contributed by atoms with Crippen molar-refractivity contribution in [1.82, 2.24) is 24.0 Å². The zero-order valence-electron chi connectivity index (χ0n) is 16.8. The zero-order chi connectivity index (χ0) is 19.0. The summed E-state index contributed by atoms with van der Waals surface area (Å²) in [5.41, 5.74) is 0.851. The SMILES string of the molecule is CC(C)(C)c1cc(=O)n(CC2CCN(Cc3nccn3C3CC3)CC2)cn1. The lowest BCUT2D eigenvalue weighted by atomic mass is 9.92. The summed E-state index contributed by atoms with van der Waals surface area (Å²) in [6.45, 7) is 10.1. The summed E-state index contributed by atoms with van der Waals surface area (Å²) >= 11 is 0. The Morgan fingerprint density at radius 1 is 1.11 bits per heavy atom. The van der Waals surface area contributed by atoms with Crippen LogP contribution in [0.25, 0.3) is 0 Å². The summed E-state index contributed by atoms with van der Waals surface area (Å²) in [6.07, 6.45) is 10.6. The van der Waals surface area contributed by atoms with E-state index in [4.69, 9.17) is 0 Å². The molecule has 1 saturated heterocycles. The van der Waals surface area contributed by atoms with Gasteiger partial charge in [-0.3, -0.25) is 14.3 Å². The van der Waals surface area contributed by atoms with E-state index in [1.807, 2.05) is 6.20 Å². The highest BCUT2D eigenvalue weighted by Gasteiger charge is 2.27. The molecule has 0 radical (unpaired) electrons. The molecule has 0 unspecified atom stereocenters. The third kappa shape index (κ3) is 4.32. The van der Waals surface area contributed by atoms with E-state index in [-0.39, 0.29) is 11.0 Å². The third-order valence-electron chi connectivity index (χ3n) is 5.86. The van der Waals surface area contributed by atoms with E-state index in [2.05, 4.69) is 46.4 Å². The number of imidazole rings is 1. The van der Waals surface area contributed by atoms with Gasteiger partial charge in [0.15, 0.2) is 0 Å². The molecule has 0 amide bonds. The molecule has 2 aromatic rings.